The minimum absolute atomic E-state index is 0.157. The van der Waals surface area contributed by atoms with E-state index in [2.05, 4.69) is 43.4 Å². The van der Waals surface area contributed by atoms with E-state index in [-0.39, 0.29) is 18.6 Å². The largest absolute Gasteiger partial charge is 0.465 e. The van der Waals surface area contributed by atoms with Gasteiger partial charge in [-0.15, -0.1) is 0 Å². The van der Waals surface area contributed by atoms with Crippen LogP contribution in [0, 0.1) is 6.92 Å². The molecule has 0 spiro atoms. The number of carbonyl (C=O) groups is 1. The Morgan fingerprint density at radius 3 is 2.61 bits per heavy atom. The summed E-state index contributed by atoms with van der Waals surface area (Å²) in [6.07, 6.45) is 1.97. The van der Waals surface area contributed by atoms with Gasteiger partial charge in [-0.2, -0.15) is 0 Å². The molecule has 0 fully saturated rings. The van der Waals surface area contributed by atoms with E-state index in [0.717, 1.165) is 12.8 Å². The fourth-order valence-electron chi connectivity index (χ4n) is 1.59. The van der Waals surface area contributed by atoms with Gasteiger partial charge in [0.05, 0.1) is 13.2 Å². The maximum Gasteiger partial charge on any atom is 0.319 e. The highest BCUT2D eigenvalue weighted by molar-refractivity contribution is 5.71. The molecule has 0 aromatic heterocycles. The molecule has 1 rings (SSSR count). The molecular weight excluding hydrogens is 226 g/mol. The summed E-state index contributed by atoms with van der Waals surface area (Å²) < 4.78 is 5.09. The Kier molecular flexibility index (Phi) is 6.44. The average Bonchev–Trinajstić information content (AvgIpc) is 2.37. The van der Waals surface area contributed by atoms with Crippen LogP contribution >= 0.6 is 0 Å². The van der Waals surface area contributed by atoms with Crippen molar-refractivity contribution in [3.63, 3.8) is 0 Å². The second-order valence-corrected chi connectivity index (χ2v) is 4.59. The van der Waals surface area contributed by atoms with Crippen molar-refractivity contribution in [3.05, 3.63) is 35.4 Å². The van der Waals surface area contributed by atoms with Crippen LogP contribution in [0.2, 0.25) is 0 Å². The van der Waals surface area contributed by atoms with Crippen molar-refractivity contribution in [1.82, 2.24) is 5.32 Å². The number of hydrogen-bond donors (Lipinski definition) is 1. The molecule has 18 heavy (non-hydrogen) atoms. The van der Waals surface area contributed by atoms with Gasteiger partial charge in [-0.05, 0) is 25.8 Å². The van der Waals surface area contributed by atoms with E-state index < -0.39 is 0 Å². The number of benzene rings is 1. The third-order valence-electron chi connectivity index (χ3n) is 2.89. The van der Waals surface area contributed by atoms with Gasteiger partial charge < -0.3 is 10.1 Å². The topological polar surface area (TPSA) is 38.3 Å². The van der Waals surface area contributed by atoms with E-state index in [1.54, 1.807) is 0 Å². The lowest BCUT2D eigenvalue weighted by atomic mass is 10.1. The molecule has 0 unspecified atom stereocenters. The molecule has 1 N–H and O–H groups in total. The number of unbranched alkanes of at least 4 members (excludes halogenated alkanes) is 1. The van der Waals surface area contributed by atoms with Gasteiger partial charge in [-0.1, -0.05) is 43.2 Å². The lowest BCUT2D eigenvalue weighted by Gasteiger charge is -2.14. The fourth-order valence-corrected chi connectivity index (χ4v) is 1.59. The zero-order chi connectivity index (χ0) is 13.4. The number of esters is 1. The highest BCUT2D eigenvalue weighted by Crippen LogP contribution is 2.12. The molecule has 0 saturated carbocycles. The molecule has 0 aliphatic rings. The summed E-state index contributed by atoms with van der Waals surface area (Å²) in [4.78, 5) is 11.4. The van der Waals surface area contributed by atoms with Crippen molar-refractivity contribution < 1.29 is 9.53 Å². The standard InChI is InChI=1S/C15H23NO2/c1-4-5-10-18-15(17)11-16-13(3)14-8-6-12(2)7-9-14/h6-9,13,16H,4-5,10-11H2,1-3H3/t13-/m1/s1. The number of carbonyl (C=O) groups excluding carboxylic acids is 1. The summed E-state index contributed by atoms with van der Waals surface area (Å²) in [5.74, 6) is -0.178. The van der Waals surface area contributed by atoms with Crippen molar-refractivity contribution in [2.45, 2.75) is 39.7 Å². The van der Waals surface area contributed by atoms with Gasteiger partial charge in [0, 0.05) is 6.04 Å². The number of aryl methyl sites for hydroxylation is 1. The van der Waals surface area contributed by atoms with Crippen LogP contribution in [-0.2, 0) is 9.53 Å². The molecule has 1 atom stereocenters. The van der Waals surface area contributed by atoms with E-state index in [1.807, 2.05) is 6.92 Å². The van der Waals surface area contributed by atoms with Gasteiger partial charge in [0.15, 0.2) is 0 Å². The van der Waals surface area contributed by atoms with Crippen molar-refractivity contribution in [2.24, 2.45) is 0 Å². The van der Waals surface area contributed by atoms with Crippen LogP contribution in [0.4, 0.5) is 0 Å². The van der Waals surface area contributed by atoms with E-state index >= 15 is 0 Å². The number of hydrogen-bond acceptors (Lipinski definition) is 3. The first-order valence-corrected chi connectivity index (χ1v) is 6.59. The molecule has 3 nitrogen and oxygen atoms in total. The summed E-state index contributed by atoms with van der Waals surface area (Å²) in [7, 11) is 0. The van der Waals surface area contributed by atoms with E-state index in [1.165, 1.54) is 11.1 Å². The zero-order valence-corrected chi connectivity index (χ0v) is 11.5. The highest BCUT2D eigenvalue weighted by atomic mass is 16.5. The van der Waals surface area contributed by atoms with Crippen LogP contribution in [-0.4, -0.2) is 19.1 Å². The molecule has 0 amide bonds. The van der Waals surface area contributed by atoms with Crippen LogP contribution in [0.1, 0.15) is 43.9 Å². The average molecular weight is 249 g/mol. The summed E-state index contributed by atoms with van der Waals surface area (Å²) in [5, 5.41) is 3.17. The normalized spacial score (nSPS) is 12.2. The Hall–Kier alpha value is -1.35. The minimum Gasteiger partial charge on any atom is -0.465 e. The van der Waals surface area contributed by atoms with Crippen LogP contribution in [0.15, 0.2) is 24.3 Å². The van der Waals surface area contributed by atoms with E-state index in [4.69, 9.17) is 4.74 Å². The van der Waals surface area contributed by atoms with Crippen molar-refractivity contribution in [2.75, 3.05) is 13.2 Å². The third-order valence-corrected chi connectivity index (χ3v) is 2.89. The van der Waals surface area contributed by atoms with Crippen LogP contribution in [0.25, 0.3) is 0 Å². The zero-order valence-electron chi connectivity index (χ0n) is 11.5. The predicted octanol–water partition coefficient (Wildman–Crippen LogP) is 2.99. The molecule has 100 valence electrons. The Labute approximate surface area is 110 Å². The van der Waals surface area contributed by atoms with Crippen LogP contribution in [0.3, 0.4) is 0 Å². The van der Waals surface area contributed by atoms with Crippen LogP contribution < -0.4 is 5.32 Å². The lowest BCUT2D eigenvalue weighted by Crippen LogP contribution is -2.27. The van der Waals surface area contributed by atoms with Crippen molar-refractivity contribution >= 4 is 5.97 Å². The highest BCUT2D eigenvalue weighted by Gasteiger charge is 2.08. The second kappa shape index (κ2) is 7.88. The second-order valence-electron chi connectivity index (χ2n) is 4.59. The molecule has 1 aromatic rings. The van der Waals surface area contributed by atoms with Crippen molar-refractivity contribution in [1.29, 1.82) is 0 Å². The maximum absolute atomic E-state index is 11.4. The predicted molar refractivity (Wildman–Crippen MR) is 73.5 cm³/mol. The van der Waals surface area contributed by atoms with Gasteiger partial charge in [0.1, 0.15) is 0 Å². The summed E-state index contributed by atoms with van der Waals surface area (Å²) in [5.41, 5.74) is 2.42. The molecule has 1 aromatic carbocycles. The smallest absolute Gasteiger partial charge is 0.319 e. The quantitative estimate of drug-likeness (QED) is 0.596. The maximum atomic E-state index is 11.4. The van der Waals surface area contributed by atoms with E-state index in [0.29, 0.717) is 6.61 Å². The van der Waals surface area contributed by atoms with Gasteiger partial charge >= 0.3 is 5.97 Å². The first-order chi connectivity index (χ1) is 8.63. The lowest BCUT2D eigenvalue weighted by molar-refractivity contribution is -0.142. The number of nitrogens with one attached hydrogen (secondary N) is 1. The summed E-state index contributed by atoms with van der Waals surface area (Å²) in [6, 6.07) is 8.47. The minimum atomic E-state index is -0.178. The Morgan fingerprint density at radius 2 is 2.00 bits per heavy atom. The van der Waals surface area contributed by atoms with Gasteiger partial charge in [-0.3, -0.25) is 4.79 Å². The van der Waals surface area contributed by atoms with Gasteiger partial charge in [0.2, 0.25) is 0 Å². The molecule has 0 bridgehead atoms. The van der Waals surface area contributed by atoms with Gasteiger partial charge in [0.25, 0.3) is 0 Å². The van der Waals surface area contributed by atoms with Gasteiger partial charge in [-0.25, -0.2) is 0 Å². The molecule has 0 aliphatic carbocycles. The Morgan fingerprint density at radius 1 is 1.33 bits per heavy atom. The Balaban J connectivity index is 2.30. The fraction of sp³-hybridized carbons (Fsp3) is 0.533. The van der Waals surface area contributed by atoms with Crippen molar-refractivity contribution in [3.8, 4) is 0 Å². The number of rotatable bonds is 7. The SMILES string of the molecule is CCCCOC(=O)CN[C@H](C)c1ccc(C)cc1. The monoisotopic (exact) mass is 249 g/mol. The molecular formula is C15H23NO2. The third kappa shape index (κ3) is 5.32. The first kappa shape index (κ1) is 14.7. The summed E-state index contributed by atoms with van der Waals surface area (Å²) >= 11 is 0. The molecule has 0 radical (unpaired) electrons. The van der Waals surface area contributed by atoms with E-state index in [9.17, 15) is 4.79 Å². The molecule has 0 heterocycles. The molecule has 0 saturated heterocycles. The summed E-state index contributed by atoms with van der Waals surface area (Å²) in [6.45, 7) is 6.97. The Bertz CT molecular complexity index is 359. The molecule has 3 heteroatoms. The first-order valence-electron chi connectivity index (χ1n) is 6.59. The number of ether oxygens (including phenoxy) is 1. The molecule has 0 aliphatic heterocycles. The van der Waals surface area contributed by atoms with Crippen LogP contribution in [0.5, 0.6) is 0 Å².